The Morgan fingerprint density at radius 2 is 1.73 bits per heavy atom. The summed E-state index contributed by atoms with van der Waals surface area (Å²) < 4.78 is 35.3. The molecule has 0 bridgehead atoms. The molecule has 0 aliphatic carbocycles. The van der Waals surface area contributed by atoms with Crippen molar-refractivity contribution < 1.29 is 32.6 Å². The van der Waals surface area contributed by atoms with Gasteiger partial charge in [0.2, 0.25) is 15.9 Å². The highest BCUT2D eigenvalue weighted by Crippen LogP contribution is 2.49. The van der Waals surface area contributed by atoms with Crippen molar-refractivity contribution in [3.8, 4) is 16.9 Å². The first-order valence-corrected chi connectivity index (χ1v) is 17.9. The van der Waals surface area contributed by atoms with Crippen LogP contribution in [0.25, 0.3) is 22.0 Å². The second-order valence-electron chi connectivity index (χ2n) is 13.9. The lowest BCUT2D eigenvalue weighted by Gasteiger charge is -2.37. The van der Waals surface area contributed by atoms with E-state index in [1.54, 1.807) is 17.7 Å². The van der Waals surface area contributed by atoms with E-state index in [1.807, 2.05) is 50.9 Å². The molecule has 14 heteroatoms. The van der Waals surface area contributed by atoms with Gasteiger partial charge in [0.05, 0.1) is 36.2 Å². The number of likely N-dealkylation sites (tertiary alicyclic amines) is 1. The summed E-state index contributed by atoms with van der Waals surface area (Å²) in [6.45, 7) is 9.68. The number of nitrogens with one attached hydrogen (secondary N) is 1. The smallest absolute Gasteiger partial charge is 0.353 e. The Balaban J connectivity index is 1.66. The summed E-state index contributed by atoms with van der Waals surface area (Å²) >= 11 is 0. The van der Waals surface area contributed by atoms with Crippen LogP contribution in [-0.2, 0) is 33.8 Å². The first-order chi connectivity index (χ1) is 22.4. The zero-order chi connectivity index (χ0) is 35.3. The van der Waals surface area contributed by atoms with Gasteiger partial charge in [-0.3, -0.25) is 24.1 Å². The number of aromatic nitrogens is 1. The quantitative estimate of drug-likeness (QED) is 0.307. The fourth-order valence-electron chi connectivity index (χ4n) is 7.22. The molecule has 0 saturated carbocycles. The number of ether oxygens (including phenoxy) is 1. The predicted molar refractivity (Wildman–Crippen MR) is 185 cm³/mol. The molecule has 2 aliphatic rings. The third-order valence-corrected chi connectivity index (χ3v) is 10.1. The molecular formula is C34H46N6O7S. The number of fused-ring (bicyclic) bond motifs is 1. The molecule has 5 rings (SSSR count). The number of aryl methyl sites for hydroxylation is 1. The highest BCUT2D eigenvalue weighted by molar-refractivity contribution is 7.92. The molecule has 13 nitrogen and oxygen atoms in total. The molecule has 2 fully saturated rings. The summed E-state index contributed by atoms with van der Waals surface area (Å²) in [7, 11) is 1.04. The number of carboxylic acids is 1. The van der Waals surface area contributed by atoms with Gasteiger partial charge >= 0.3 is 5.97 Å². The van der Waals surface area contributed by atoms with Crippen molar-refractivity contribution in [2.75, 3.05) is 57.9 Å². The lowest BCUT2D eigenvalue weighted by Crippen LogP contribution is -2.52. The van der Waals surface area contributed by atoms with Crippen molar-refractivity contribution in [2.45, 2.75) is 51.6 Å². The Kier molecular flexibility index (Phi) is 9.56. The molecule has 2 amide bonds. The summed E-state index contributed by atoms with van der Waals surface area (Å²) in [5.74, 6) is -1.95. The zero-order valence-corrected chi connectivity index (χ0v) is 29.5. The van der Waals surface area contributed by atoms with E-state index in [0.717, 1.165) is 31.2 Å². The van der Waals surface area contributed by atoms with Crippen molar-refractivity contribution in [2.24, 2.45) is 12.8 Å². The molecule has 48 heavy (non-hydrogen) atoms. The van der Waals surface area contributed by atoms with Crippen LogP contribution in [0.2, 0.25) is 0 Å². The Bertz CT molecular complexity index is 1890. The van der Waals surface area contributed by atoms with Gasteiger partial charge in [-0.25, -0.2) is 13.2 Å². The van der Waals surface area contributed by atoms with Crippen LogP contribution >= 0.6 is 0 Å². The van der Waals surface area contributed by atoms with Gasteiger partial charge in [0.25, 0.3) is 5.91 Å². The number of hydrogen-bond acceptors (Lipinski definition) is 8. The number of sulfonamides is 1. The van der Waals surface area contributed by atoms with Crippen molar-refractivity contribution >= 4 is 44.4 Å². The summed E-state index contributed by atoms with van der Waals surface area (Å²) in [5.41, 5.74) is 7.56. The van der Waals surface area contributed by atoms with E-state index in [1.165, 1.54) is 7.11 Å². The number of primary amides is 1. The number of nitrogens with zero attached hydrogens (tertiary/aromatic N) is 4. The van der Waals surface area contributed by atoms with Crippen molar-refractivity contribution in [1.29, 1.82) is 0 Å². The number of hydrogen-bond donors (Lipinski definition) is 3. The number of para-hydroxylation sites is 1. The lowest BCUT2D eigenvalue weighted by atomic mass is 9.79. The fourth-order valence-corrected chi connectivity index (χ4v) is 7.79. The van der Waals surface area contributed by atoms with E-state index < -0.39 is 27.3 Å². The maximum atomic E-state index is 13.2. The summed E-state index contributed by atoms with van der Waals surface area (Å²) in [6, 6.07) is 7.14. The van der Waals surface area contributed by atoms with Crippen LogP contribution in [0.5, 0.6) is 5.75 Å². The average Bonchev–Trinajstić information content (AvgIpc) is 3.56. The van der Waals surface area contributed by atoms with Crippen molar-refractivity contribution in [3.05, 3.63) is 46.6 Å². The Hall–Kier alpha value is -4.14. The molecule has 260 valence electrons. The molecule has 3 heterocycles. The standard InChI is InChI=1S/C34H46N6O7S/c1-34(2,3)23-18-22(31(35)41)30(47-6)27(36-48(7,45)46)26(23)25-21-11-8-10-20(28(21)38(5)29(25)33(43)44)19-39-14-16-40(17-15-39)32(42)24-12-9-13-37(24)4/h8,10-11,18,24,36H,9,12-17,19H2,1-7H3,(H2,35,41)(H,43,44). The lowest BCUT2D eigenvalue weighted by molar-refractivity contribution is -0.137. The zero-order valence-electron chi connectivity index (χ0n) is 28.7. The van der Waals surface area contributed by atoms with E-state index in [4.69, 9.17) is 10.5 Å². The molecule has 3 aromatic rings. The second-order valence-corrected chi connectivity index (χ2v) is 15.6. The maximum absolute atomic E-state index is 13.2. The number of piperazine rings is 1. The van der Waals surface area contributed by atoms with Crippen molar-refractivity contribution in [1.82, 2.24) is 19.3 Å². The van der Waals surface area contributed by atoms with E-state index in [0.29, 0.717) is 60.3 Å². The number of carbonyl (C=O) groups excluding carboxylic acids is 2. The van der Waals surface area contributed by atoms with Crippen LogP contribution in [0.4, 0.5) is 5.69 Å². The van der Waals surface area contributed by atoms with E-state index in [9.17, 15) is 27.9 Å². The average molecular weight is 683 g/mol. The van der Waals surface area contributed by atoms with Gasteiger partial charge in [0.15, 0.2) is 5.75 Å². The van der Waals surface area contributed by atoms with Crippen LogP contribution in [0.3, 0.4) is 0 Å². The molecule has 4 N–H and O–H groups in total. The largest absolute Gasteiger partial charge is 0.494 e. The van der Waals surface area contributed by atoms with E-state index >= 15 is 0 Å². The minimum absolute atomic E-state index is 0.0349. The number of rotatable bonds is 9. The topological polar surface area (TPSA) is 168 Å². The number of likely N-dealkylation sites (N-methyl/N-ethyl adjacent to an activating group) is 1. The maximum Gasteiger partial charge on any atom is 0.353 e. The number of amides is 2. The number of anilines is 1. The van der Waals surface area contributed by atoms with Gasteiger partial charge in [0.1, 0.15) is 5.69 Å². The van der Waals surface area contributed by atoms with Crippen LogP contribution < -0.4 is 15.2 Å². The highest BCUT2D eigenvalue weighted by atomic mass is 32.2. The summed E-state index contributed by atoms with van der Waals surface area (Å²) in [4.78, 5) is 45.2. The van der Waals surface area contributed by atoms with Crippen LogP contribution in [0, 0.1) is 0 Å². The summed E-state index contributed by atoms with van der Waals surface area (Å²) in [5, 5.41) is 11.3. The molecular weight excluding hydrogens is 636 g/mol. The van der Waals surface area contributed by atoms with Gasteiger partial charge in [-0.15, -0.1) is 0 Å². The van der Waals surface area contributed by atoms with Crippen LogP contribution in [0.15, 0.2) is 24.3 Å². The minimum atomic E-state index is -3.94. The molecule has 2 aliphatic heterocycles. The normalized spacial score (nSPS) is 18.0. The van der Waals surface area contributed by atoms with Gasteiger partial charge in [-0.05, 0) is 49.0 Å². The molecule has 2 aromatic carbocycles. The molecule has 1 aromatic heterocycles. The van der Waals surface area contributed by atoms with Gasteiger partial charge < -0.3 is 25.0 Å². The second kappa shape index (κ2) is 13.1. The Labute approximate surface area is 281 Å². The number of aromatic carboxylic acids is 1. The third kappa shape index (κ3) is 6.61. The fraction of sp³-hybridized carbons (Fsp3) is 0.500. The minimum Gasteiger partial charge on any atom is -0.494 e. The molecule has 1 atom stereocenters. The van der Waals surface area contributed by atoms with Crippen molar-refractivity contribution in [3.63, 3.8) is 0 Å². The van der Waals surface area contributed by atoms with E-state index in [2.05, 4.69) is 14.5 Å². The predicted octanol–water partition coefficient (Wildman–Crippen LogP) is 3.06. The Morgan fingerprint density at radius 3 is 2.25 bits per heavy atom. The molecule has 2 saturated heterocycles. The first-order valence-electron chi connectivity index (χ1n) is 16.0. The third-order valence-electron chi connectivity index (χ3n) is 9.48. The molecule has 0 radical (unpaired) electrons. The van der Waals surface area contributed by atoms with E-state index in [-0.39, 0.29) is 34.6 Å². The number of nitrogens with two attached hydrogens (primary N) is 1. The number of carbonyl (C=O) groups is 3. The first kappa shape index (κ1) is 35.2. The van der Waals surface area contributed by atoms with Gasteiger partial charge in [-0.2, -0.15) is 0 Å². The van der Waals surface area contributed by atoms with Crippen LogP contribution in [-0.4, -0.2) is 110 Å². The molecule has 1 unspecified atom stereocenters. The SMILES string of the molecule is COc1c(C(N)=O)cc(C(C)(C)C)c(-c2c(C(=O)O)n(C)c3c(CN4CCN(C(=O)C5CCCN5C)CC4)cccc23)c1NS(C)(=O)=O. The number of methoxy groups -OCH3 is 1. The van der Waals surface area contributed by atoms with Gasteiger partial charge in [-0.1, -0.05) is 39.0 Å². The monoisotopic (exact) mass is 682 g/mol. The van der Waals surface area contributed by atoms with Crippen LogP contribution in [0.1, 0.15) is 65.6 Å². The number of carboxylic acid groups (broad SMARTS) is 1. The summed E-state index contributed by atoms with van der Waals surface area (Å²) in [6.07, 6.45) is 2.89. The Morgan fingerprint density at radius 1 is 1.06 bits per heavy atom. The number of benzene rings is 2. The molecule has 0 spiro atoms. The van der Waals surface area contributed by atoms with Gasteiger partial charge in [0, 0.05) is 56.3 Å². The highest BCUT2D eigenvalue weighted by Gasteiger charge is 2.36.